The number of anilines is 6. The van der Waals surface area contributed by atoms with Crippen molar-refractivity contribution >= 4 is 55.7 Å². The third-order valence-corrected chi connectivity index (χ3v) is 14.4. The number of para-hydroxylation sites is 2. The first-order valence-corrected chi connectivity index (χ1v) is 27.1. The predicted molar refractivity (Wildman–Crippen MR) is 348 cm³/mol. The van der Waals surface area contributed by atoms with E-state index in [1.807, 2.05) is 0 Å². The number of hydrogen-bond acceptors (Lipinski definition) is 2. The van der Waals surface area contributed by atoms with Crippen LogP contribution in [0.2, 0.25) is 0 Å². The first-order valence-electron chi connectivity index (χ1n) is 27.1. The van der Waals surface area contributed by atoms with Gasteiger partial charge in [-0.05, 0) is 164 Å². The molecular weight excluding hydrogens is 965 g/mol. The van der Waals surface area contributed by atoms with E-state index in [2.05, 4.69) is 329 Å². The number of fused-ring (bicyclic) bond motifs is 2. The number of nitrogens with zero attached hydrogens (tertiary/aromatic N) is 2. The van der Waals surface area contributed by atoms with Gasteiger partial charge in [-0.15, -0.1) is 0 Å². The van der Waals surface area contributed by atoms with Gasteiger partial charge in [0.1, 0.15) is 0 Å². The molecule has 0 aliphatic rings. The van der Waals surface area contributed by atoms with Crippen molar-refractivity contribution in [3.8, 4) is 55.6 Å². The Balaban J connectivity index is 0.000000846. The third kappa shape index (κ3) is 11.8. The summed E-state index contributed by atoms with van der Waals surface area (Å²) < 4.78 is 0. The predicted octanol–water partition coefficient (Wildman–Crippen LogP) is 22.6. The molecule has 0 bridgehead atoms. The van der Waals surface area contributed by atoms with Gasteiger partial charge in [0.05, 0.1) is 11.4 Å². The van der Waals surface area contributed by atoms with Crippen LogP contribution in [0, 0.1) is 13.8 Å². The average Bonchev–Trinajstić information content (AvgIpc) is 3.54. The summed E-state index contributed by atoms with van der Waals surface area (Å²) in [6, 6.07) is 101. The van der Waals surface area contributed by atoms with Crippen LogP contribution in [0.25, 0.3) is 77.2 Å². The molecule has 80 heavy (non-hydrogen) atoms. The fraction of sp³-hybridized carbons (Fsp3) is 0.0256. The van der Waals surface area contributed by atoms with E-state index in [-0.39, 0.29) is 0 Å². The number of rotatable bonds is 13. The lowest BCUT2D eigenvalue weighted by Gasteiger charge is -2.30. The van der Waals surface area contributed by atoms with Crippen molar-refractivity contribution in [1.82, 2.24) is 0 Å². The van der Waals surface area contributed by atoms with Gasteiger partial charge in [-0.1, -0.05) is 257 Å². The Labute approximate surface area is 473 Å². The molecule has 0 aliphatic heterocycles. The Morgan fingerprint density at radius 2 is 0.537 bits per heavy atom. The minimum atomic E-state index is 1.10. The van der Waals surface area contributed by atoms with Crippen LogP contribution in [0.5, 0.6) is 0 Å². The number of aryl methyl sites for hydroxylation is 2. The lowest BCUT2D eigenvalue weighted by Crippen LogP contribution is -2.13. The van der Waals surface area contributed by atoms with Crippen LogP contribution in [-0.4, -0.2) is 0 Å². The topological polar surface area (TPSA) is 6.48 Å². The van der Waals surface area contributed by atoms with Crippen LogP contribution in [-0.2, 0) is 0 Å². The average molecular weight is 1030 g/mol. The molecule has 0 radical (unpaired) electrons. The van der Waals surface area contributed by atoms with Crippen molar-refractivity contribution in [3.05, 3.63) is 341 Å². The molecule has 12 rings (SSSR count). The zero-order valence-electron chi connectivity index (χ0n) is 45.6. The molecule has 12 aromatic carbocycles. The molecule has 2 nitrogen and oxygen atoms in total. The van der Waals surface area contributed by atoms with E-state index in [9.17, 15) is 0 Å². The summed E-state index contributed by atoms with van der Waals surface area (Å²) in [4.78, 5) is 4.85. The zero-order valence-corrected chi connectivity index (χ0v) is 45.6. The summed E-state index contributed by atoms with van der Waals surface area (Å²) in [5, 5.41) is 4.98. The lowest BCUT2D eigenvalue weighted by molar-refractivity contribution is 1.24. The van der Waals surface area contributed by atoms with E-state index in [4.69, 9.17) is 0 Å². The molecule has 0 spiro atoms. The molecule has 0 aliphatic carbocycles. The highest BCUT2D eigenvalue weighted by atomic mass is 15.2. The third-order valence-electron chi connectivity index (χ3n) is 14.4. The second kappa shape index (κ2) is 25.2. The van der Waals surface area contributed by atoms with Crippen LogP contribution in [0.3, 0.4) is 0 Å². The van der Waals surface area contributed by atoms with Gasteiger partial charge >= 0.3 is 0 Å². The standard InChI is InChI=1S/C70H52N2.2C4H6/c1-49-45-59(37-43-67(49)71(69-27-15-13-25-65(69)55-19-5-3-6-20-55)63-39-33-53(34-40-63)61-31-29-51-17-9-11-23-57(51)47-61)60-38-44-68(50(2)46-60)72(70-28-16-14-26-66(70)56-21-7-4-8-22-56)64-41-35-54(36-42-64)62-32-30-52-18-10-12-24-58(52)48-62;2*1-3-4-2/h3-48H,1-2H3;2*3-4H,1-2H2. The first-order chi connectivity index (χ1) is 39.3. The second-order valence-electron chi connectivity index (χ2n) is 19.6. The van der Waals surface area contributed by atoms with Gasteiger partial charge in [0.2, 0.25) is 0 Å². The Morgan fingerprint density at radius 3 is 0.900 bits per heavy atom. The van der Waals surface area contributed by atoms with Gasteiger partial charge in [0.25, 0.3) is 0 Å². The van der Waals surface area contributed by atoms with Crippen molar-refractivity contribution in [2.24, 2.45) is 0 Å². The summed E-state index contributed by atoms with van der Waals surface area (Å²) in [5.41, 5.74) is 20.9. The Bertz CT molecular complexity index is 3810. The highest BCUT2D eigenvalue weighted by Crippen LogP contribution is 2.46. The maximum absolute atomic E-state index is 3.36. The first kappa shape index (κ1) is 53.1. The van der Waals surface area contributed by atoms with E-state index in [0.29, 0.717) is 0 Å². The number of hydrogen-bond donors (Lipinski definition) is 0. The molecule has 0 saturated heterocycles. The van der Waals surface area contributed by atoms with Crippen molar-refractivity contribution in [2.75, 3.05) is 9.80 Å². The highest BCUT2D eigenvalue weighted by Gasteiger charge is 2.22. The Hall–Kier alpha value is -10.3. The molecule has 0 fully saturated rings. The number of benzene rings is 12. The molecule has 0 heterocycles. The Kier molecular flexibility index (Phi) is 16.8. The molecule has 0 amide bonds. The summed E-state index contributed by atoms with van der Waals surface area (Å²) in [5.74, 6) is 0. The SMILES string of the molecule is C=CC=C.C=CC=C.Cc1cc(-c2ccc(N(c3ccc(-c4ccc5ccccc5c4)cc3)c3ccccc3-c3ccccc3)c(C)c2)ccc1N(c1ccc(-c2ccc3ccccc3c2)cc1)c1ccccc1-c1ccccc1. The maximum atomic E-state index is 3.36. The molecule has 2 heteroatoms. The number of allylic oxidation sites excluding steroid dienone is 4. The molecule has 0 aromatic heterocycles. The summed E-state index contributed by atoms with van der Waals surface area (Å²) in [6.07, 6.45) is 6.56. The van der Waals surface area contributed by atoms with Gasteiger partial charge < -0.3 is 9.80 Å². The fourth-order valence-electron chi connectivity index (χ4n) is 10.4. The molecule has 0 saturated carbocycles. The molecule has 386 valence electrons. The Morgan fingerprint density at radius 1 is 0.237 bits per heavy atom. The summed E-state index contributed by atoms with van der Waals surface area (Å²) in [6.45, 7) is 17.9. The van der Waals surface area contributed by atoms with E-state index < -0.39 is 0 Å². The van der Waals surface area contributed by atoms with E-state index in [1.54, 1.807) is 24.3 Å². The molecule has 0 N–H and O–H groups in total. The van der Waals surface area contributed by atoms with E-state index in [0.717, 1.165) is 34.1 Å². The monoisotopic (exact) mass is 1030 g/mol. The van der Waals surface area contributed by atoms with Crippen LogP contribution in [0.15, 0.2) is 330 Å². The highest BCUT2D eigenvalue weighted by molar-refractivity contribution is 5.94. The van der Waals surface area contributed by atoms with Crippen molar-refractivity contribution in [1.29, 1.82) is 0 Å². The van der Waals surface area contributed by atoms with Crippen LogP contribution in [0.1, 0.15) is 11.1 Å². The molecule has 0 unspecified atom stereocenters. The minimum Gasteiger partial charge on any atom is -0.310 e. The van der Waals surface area contributed by atoms with Crippen molar-refractivity contribution in [3.63, 3.8) is 0 Å². The van der Waals surface area contributed by atoms with Crippen LogP contribution in [0.4, 0.5) is 34.1 Å². The molecule has 12 aromatic rings. The van der Waals surface area contributed by atoms with Gasteiger partial charge in [-0.25, -0.2) is 0 Å². The minimum absolute atomic E-state index is 1.10. The smallest absolute Gasteiger partial charge is 0.0540 e. The van der Waals surface area contributed by atoms with Crippen molar-refractivity contribution in [2.45, 2.75) is 13.8 Å². The fourth-order valence-corrected chi connectivity index (χ4v) is 10.4. The normalized spacial score (nSPS) is 10.6. The maximum Gasteiger partial charge on any atom is 0.0540 e. The van der Waals surface area contributed by atoms with Gasteiger partial charge in [-0.3, -0.25) is 0 Å². The summed E-state index contributed by atoms with van der Waals surface area (Å²) in [7, 11) is 0. The second-order valence-corrected chi connectivity index (χ2v) is 19.6. The van der Waals surface area contributed by atoms with Crippen LogP contribution < -0.4 is 9.80 Å². The quantitative estimate of drug-likeness (QED) is 0.106. The lowest BCUT2D eigenvalue weighted by atomic mass is 9.96. The van der Waals surface area contributed by atoms with Crippen molar-refractivity contribution < 1.29 is 0 Å². The van der Waals surface area contributed by atoms with E-state index >= 15 is 0 Å². The summed E-state index contributed by atoms with van der Waals surface area (Å²) >= 11 is 0. The van der Waals surface area contributed by atoms with Gasteiger partial charge in [-0.2, -0.15) is 0 Å². The largest absolute Gasteiger partial charge is 0.310 e. The van der Waals surface area contributed by atoms with Gasteiger partial charge in [0, 0.05) is 33.9 Å². The molecule has 0 atom stereocenters. The van der Waals surface area contributed by atoms with Crippen LogP contribution >= 0.6 is 0 Å². The molecular formula is C78H64N2. The van der Waals surface area contributed by atoms with Gasteiger partial charge in [0.15, 0.2) is 0 Å². The van der Waals surface area contributed by atoms with E-state index in [1.165, 1.54) is 88.3 Å². The zero-order chi connectivity index (χ0) is 55.2.